The zero-order valence-corrected chi connectivity index (χ0v) is 11.5. The minimum atomic E-state index is -0.214. The van der Waals surface area contributed by atoms with E-state index in [-0.39, 0.29) is 12.0 Å². The average Bonchev–Trinajstić information content (AvgIpc) is 2.88. The van der Waals surface area contributed by atoms with Gasteiger partial charge in [-0.2, -0.15) is 0 Å². The first-order valence-corrected chi connectivity index (χ1v) is 6.93. The second-order valence-corrected chi connectivity index (χ2v) is 5.84. The van der Waals surface area contributed by atoms with Gasteiger partial charge in [-0.1, -0.05) is 0 Å². The lowest BCUT2D eigenvalue weighted by molar-refractivity contribution is -0.140. The predicted molar refractivity (Wildman–Crippen MR) is 67.5 cm³/mol. The van der Waals surface area contributed by atoms with Crippen molar-refractivity contribution in [1.82, 2.24) is 4.90 Å². The summed E-state index contributed by atoms with van der Waals surface area (Å²) in [6.07, 6.45) is 1.64. The minimum absolute atomic E-state index is 0.0991. The van der Waals surface area contributed by atoms with Gasteiger partial charge in [0.15, 0.2) is 0 Å². The second-order valence-electron chi connectivity index (χ2n) is 3.93. The summed E-state index contributed by atoms with van der Waals surface area (Å²) in [5.74, 6) is 0.0991. The molecule has 0 spiro atoms. The molecule has 88 valence electrons. The van der Waals surface area contributed by atoms with Crippen molar-refractivity contribution in [2.75, 3.05) is 13.7 Å². The van der Waals surface area contributed by atoms with Crippen LogP contribution < -0.4 is 0 Å². The summed E-state index contributed by atoms with van der Waals surface area (Å²) in [6, 6.07) is 2.05. The van der Waals surface area contributed by atoms with Crippen molar-refractivity contribution in [3.8, 4) is 0 Å². The maximum absolute atomic E-state index is 12.0. The molecular formula is C11H14BrNO2S. The van der Waals surface area contributed by atoms with Gasteiger partial charge in [0.25, 0.3) is 5.91 Å². The highest BCUT2D eigenvalue weighted by atomic mass is 79.9. The Balaban J connectivity index is 1.91. The van der Waals surface area contributed by atoms with Crippen LogP contribution in [0.4, 0.5) is 0 Å². The molecule has 0 aromatic carbocycles. The van der Waals surface area contributed by atoms with Crippen LogP contribution in [-0.2, 0) is 16.1 Å². The second kappa shape index (κ2) is 5.29. The summed E-state index contributed by atoms with van der Waals surface area (Å²) in [6.45, 7) is 1.38. The summed E-state index contributed by atoms with van der Waals surface area (Å²) >= 11 is 5.06. The van der Waals surface area contributed by atoms with E-state index in [1.165, 1.54) is 4.88 Å². The van der Waals surface area contributed by atoms with Crippen LogP contribution in [0.3, 0.4) is 0 Å². The van der Waals surface area contributed by atoms with E-state index in [0.717, 1.165) is 23.9 Å². The van der Waals surface area contributed by atoms with Gasteiger partial charge in [-0.05, 0) is 34.8 Å². The molecule has 3 nitrogen and oxygen atoms in total. The third kappa shape index (κ3) is 2.84. The number of carbonyl (C=O) groups excluding carboxylic acids is 1. The van der Waals surface area contributed by atoms with Gasteiger partial charge in [-0.25, -0.2) is 0 Å². The standard InChI is InChI=1S/C11H14BrNO2S/c1-13(6-9-5-8(12)7-16-9)11(14)10-3-2-4-15-10/h5,7,10H,2-4,6H2,1H3/t10-/m0/s1. The molecule has 0 N–H and O–H groups in total. The van der Waals surface area contributed by atoms with Gasteiger partial charge in [0.2, 0.25) is 0 Å². The minimum Gasteiger partial charge on any atom is -0.368 e. The molecule has 1 saturated heterocycles. The van der Waals surface area contributed by atoms with Crippen molar-refractivity contribution >= 4 is 33.2 Å². The van der Waals surface area contributed by atoms with Crippen molar-refractivity contribution in [2.24, 2.45) is 0 Å². The summed E-state index contributed by atoms with van der Waals surface area (Å²) in [5.41, 5.74) is 0. The van der Waals surface area contributed by atoms with Gasteiger partial charge in [0.1, 0.15) is 6.10 Å². The Bertz CT molecular complexity index is 374. The van der Waals surface area contributed by atoms with Crippen LogP contribution in [0.15, 0.2) is 15.9 Å². The molecule has 1 aliphatic rings. The molecule has 1 aromatic heterocycles. The molecule has 0 aliphatic carbocycles. The first kappa shape index (κ1) is 12.1. The van der Waals surface area contributed by atoms with Gasteiger partial charge in [0.05, 0.1) is 6.54 Å². The van der Waals surface area contributed by atoms with E-state index >= 15 is 0 Å². The summed E-state index contributed by atoms with van der Waals surface area (Å²) in [7, 11) is 1.83. The normalized spacial score (nSPS) is 20.0. The van der Waals surface area contributed by atoms with Crippen LogP contribution in [0.1, 0.15) is 17.7 Å². The maximum atomic E-state index is 12.0. The maximum Gasteiger partial charge on any atom is 0.251 e. The SMILES string of the molecule is CN(Cc1cc(Br)cs1)C(=O)[C@@H]1CCCO1. The number of likely N-dealkylation sites (N-methyl/N-ethyl adjacent to an activating group) is 1. The number of rotatable bonds is 3. The monoisotopic (exact) mass is 303 g/mol. The van der Waals surface area contributed by atoms with Crippen LogP contribution in [0, 0.1) is 0 Å². The highest BCUT2D eigenvalue weighted by Crippen LogP contribution is 2.22. The van der Waals surface area contributed by atoms with Crippen molar-refractivity contribution in [1.29, 1.82) is 0 Å². The number of carbonyl (C=O) groups is 1. The van der Waals surface area contributed by atoms with Crippen LogP contribution in [0.2, 0.25) is 0 Å². The fraction of sp³-hybridized carbons (Fsp3) is 0.545. The number of hydrogen-bond donors (Lipinski definition) is 0. The summed E-state index contributed by atoms with van der Waals surface area (Å²) < 4.78 is 6.46. The highest BCUT2D eigenvalue weighted by Gasteiger charge is 2.26. The molecule has 0 unspecified atom stereocenters. The highest BCUT2D eigenvalue weighted by molar-refractivity contribution is 9.10. The molecule has 2 rings (SSSR count). The lowest BCUT2D eigenvalue weighted by Gasteiger charge is -2.19. The topological polar surface area (TPSA) is 29.5 Å². The van der Waals surface area contributed by atoms with Crippen molar-refractivity contribution in [2.45, 2.75) is 25.5 Å². The molecule has 1 fully saturated rings. The molecule has 1 aromatic rings. The number of halogens is 1. The Morgan fingerprint density at radius 3 is 3.12 bits per heavy atom. The first-order valence-electron chi connectivity index (χ1n) is 5.26. The van der Waals surface area contributed by atoms with Crippen LogP contribution in [-0.4, -0.2) is 30.6 Å². The molecule has 1 aliphatic heterocycles. The van der Waals surface area contributed by atoms with Gasteiger partial charge < -0.3 is 9.64 Å². The van der Waals surface area contributed by atoms with E-state index in [4.69, 9.17) is 4.74 Å². The lowest BCUT2D eigenvalue weighted by atomic mass is 10.2. The van der Waals surface area contributed by atoms with Gasteiger partial charge >= 0.3 is 0 Å². The Kier molecular flexibility index (Phi) is 4.00. The van der Waals surface area contributed by atoms with Gasteiger partial charge in [0, 0.05) is 28.4 Å². The predicted octanol–water partition coefficient (Wildman–Crippen LogP) is 2.65. The number of thiophene rings is 1. The van der Waals surface area contributed by atoms with Crippen LogP contribution >= 0.6 is 27.3 Å². The molecule has 0 radical (unpaired) electrons. The fourth-order valence-corrected chi connectivity index (χ4v) is 3.27. The van der Waals surface area contributed by atoms with Crippen LogP contribution in [0.5, 0.6) is 0 Å². The fourth-order valence-electron chi connectivity index (χ4n) is 1.77. The summed E-state index contributed by atoms with van der Waals surface area (Å²) in [4.78, 5) is 14.9. The van der Waals surface area contributed by atoms with Gasteiger partial charge in [-0.15, -0.1) is 11.3 Å². The Labute approximate surface area is 108 Å². The molecule has 5 heteroatoms. The van der Waals surface area contributed by atoms with Crippen molar-refractivity contribution in [3.05, 3.63) is 20.8 Å². The van der Waals surface area contributed by atoms with Crippen LogP contribution in [0.25, 0.3) is 0 Å². The van der Waals surface area contributed by atoms with E-state index in [2.05, 4.69) is 15.9 Å². The molecule has 0 saturated carbocycles. The number of ether oxygens (including phenoxy) is 1. The van der Waals surface area contributed by atoms with E-state index in [1.54, 1.807) is 16.2 Å². The Morgan fingerprint density at radius 2 is 2.56 bits per heavy atom. The molecular weight excluding hydrogens is 290 g/mol. The van der Waals surface area contributed by atoms with Crippen molar-refractivity contribution in [3.63, 3.8) is 0 Å². The van der Waals surface area contributed by atoms with E-state index in [1.807, 2.05) is 18.5 Å². The van der Waals surface area contributed by atoms with E-state index in [9.17, 15) is 4.79 Å². The third-order valence-corrected chi connectivity index (χ3v) is 4.28. The first-order chi connectivity index (χ1) is 7.66. The Morgan fingerprint density at radius 1 is 1.75 bits per heavy atom. The zero-order chi connectivity index (χ0) is 11.5. The summed E-state index contributed by atoms with van der Waals surface area (Å²) in [5, 5.41) is 2.03. The molecule has 1 amide bonds. The lowest BCUT2D eigenvalue weighted by Crippen LogP contribution is -2.35. The third-order valence-electron chi connectivity index (χ3n) is 2.60. The van der Waals surface area contributed by atoms with E-state index in [0.29, 0.717) is 6.54 Å². The number of hydrogen-bond acceptors (Lipinski definition) is 3. The van der Waals surface area contributed by atoms with Gasteiger partial charge in [-0.3, -0.25) is 4.79 Å². The largest absolute Gasteiger partial charge is 0.368 e. The molecule has 16 heavy (non-hydrogen) atoms. The molecule has 1 atom stereocenters. The number of nitrogens with zero attached hydrogens (tertiary/aromatic N) is 1. The average molecular weight is 304 g/mol. The smallest absolute Gasteiger partial charge is 0.251 e. The van der Waals surface area contributed by atoms with Crippen molar-refractivity contribution < 1.29 is 9.53 Å². The number of amides is 1. The van der Waals surface area contributed by atoms with E-state index < -0.39 is 0 Å². The molecule has 0 bridgehead atoms. The molecule has 2 heterocycles. The quantitative estimate of drug-likeness (QED) is 0.859. The zero-order valence-electron chi connectivity index (χ0n) is 9.11. The Hall–Kier alpha value is -0.390.